The highest BCUT2D eigenvalue weighted by atomic mass is 35.5. The lowest BCUT2D eigenvalue weighted by Gasteiger charge is -2.42. The Morgan fingerprint density at radius 1 is 1.12 bits per heavy atom. The van der Waals surface area contributed by atoms with Crippen LogP contribution >= 0.6 is 23.2 Å². The van der Waals surface area contributed by atoms with E-state index in [1.54, 1.807) is 0 Å². The van der Waals surface area contributed by atoms with Crippen molar-refractivity contribution in [2.24, 2.45) is 23.7 Å². The molecule has 8 heteroatoms. The molecule has 1 amide bonds. The van der Waals surface area contributed by atoms with Gasteiger partial charge in [-0.15, -0.1) is 23.2 Å². The minimum Gasteiger partial charge on any atom is -0.396 e. The number of carbonyl (C=O) groups is 1. The zero-order chi connectivity index (χ0) is 23.4. The lowest BCUT2D eigenvalue weighted by molar-refractivity contribution is -0.125. The minimum atomic E-state index is -0.178. The van der Waals surface area contributed by atoms with Crippen LogP contribution in [-0.2, 0) is 11.3 Å². The molecule has 1 aromatic heterocycles. The van der Waals surface area contributed by atoms with Gasteiger partial charge in [-0.05, 0) is 82.0 Å². The van der Waals surface area contributed by atoms with E-state index in [0.717, 1.165) is 57.2 Å². The third-order valence-corrected chi connectivity index (χ3v) is 9.41. The fourth-order valence-corrected chi connectivity index (χ4v) is 6.88. The van der Waals surface area contributed by atoms with E-state index in [4.69, 9.17) is 23.2 Å². The Morgan fingerprint density at radius 3 is 2.70 bits per heavy atom. The fraction of sp³-hybridized carbons (Fsp3) is 0.840. The molecule has 186 valence electrons. The van der Waals surface area contributed by atoms with Gasteiger partial charge >= 0.3 is 0 Å². The predicted molar refractivity (Wildman–Crippen MR) is 133 cm³/mol. The fourth-order valence-electron chi connectivity index (χ4n) is 6.28. The molecule has 3 aliphatic rings. The zero-order valence-electron chi connectivity index (χ0n) is 19.8. The molecule has 0 spiro atoms. The highest BCUT2D eigenvalue weighted by molar-refractivity contribution is 6.30. The number of nitrogens with zero attached hydrogens (tertiary/aromatic N) is 2. The van der Waals surface area contributed by atoms with Crippen molar-refractivity contribution in [2.45, 2.75) is 94.1 Å². The maximum Gasteiger partial charge on any atom is 0.237 e. The Bertz CT molecular complexity index is 775. The molecule has 6 nitrogen and oxygen atoms in total. The number of amides is 1. The number of aromatic nitrogens is 2. The summed E-state index contributed by atoms with van der Waals surface area (Å²) in [5, 5.41) is 16.7. The molecule has 2 saturated carbocycles. The molecular weight excluding hydrogens is 459 g/mol. The summed E-state index contributed by atoms with van der Waals surface area (Å²) in [6.07, 6.45) is 13.0. The van der Waals surface area contributed by atoms with Crippen molar-refractivity contribution in [3.63, 3.8) is 0 Å². The molecule has 2 aliphatic carbocycles. The van der Waals surface area contributed by atoms with Crippen LogP contribution in [0, 0.1) is 30.6 Å². The molecule has 1 aliphatic heterocycles. The summed E-state index contributed by atoms with van der Waals surface area (Å²) in [6, 6.07) is 0.139. The SMILES string of the molecule is Cc1cncn1CC1CC(C(=O)NCC2CCC(Cl)C(Cl)C2)NC(C2CCCC(CO)C2)C1. The number of piperidine rings is 1. The average Bonchev–Trinajstić information content (AvgIpc) is 3.23. The second kappa shape index (κ2) is 11.7. The summed E-state index contributed by atoms with van der Waals surface area (Å²) in [6.45, 7) is 3.94. The second-order valence-corrected chi connectivity index (χ2v) is 11.9. The molecule has 0 bridgehead atoms. The van der Waals surface area contributed by atoms with Gasteiger partial charge in [-0.3, -0.25) is 4.79 Å². The van der Waals surface area contributed by atoms with E-state index >= 15 is 0 Å². The van der Waals surface area contributed by atoms with Crippen LogP contribution in [0.1, 0.15) is 63.5 Å². The van der Waals surface area contributed by atoms with Crippen LogP contribution in [0.5, 0.6) is 0 Å². The summed E-state index contributed by atoms with van der Waals surface area (Å²) in [5.74, 6) is 1.86. The van der Waals surface area contributed by atoms with Crippen LogP contribution in [0.25, 0.3) is 0 Å². The van der Waals surface area contributed by atoms with Crippen molar-refractivity contribution >= 4 is 29.1 Å². The highest BCUT2D eigenvalue weighted by Crippen LogP contribution is 2.36. The van der Waals surface area contributed by atoms with Crippen LogP contribution in [-0.4, -0.2) is 56.6 Å². The van der Waals surface area contributed by atoms with Crippen molar-refractivity contribution in [1.82, 2.24) is 20.2 Å². The first-order valence-corrected chi connectivity index (χ1v) is 13.7. The van der Waals surface area contributed by atoms with E-state index in [-0.39, 0.29) is 29.3 Å². The molecule has 0 radical (unpaired) electrons. The molecule has 1 saturated heterocycles. The van der Waals surface area contributed by atoms with Crippen LogP contribution in [0.3, 0.4) is 0 Å². The van der Waals surface area contributed by atoms with Crippen LogP contribution in [0.4, 0.5) is 0 Å². The maximum absolute atomic E-state index is 13.3. The van der Waals surface area contributed by atoms with E-state index in [2.05, 4.69) is 27.1 Å². The number of aryl methyl sites for hydroxylation is 1. The number of aliphatic hydroxyl groups excluding tert-OH is 1. The van der Waals surface area contributed by atoms with Gasteiger partial charge in [0.1, 0.15) is 0 Å². The number of nitrogens with one attached hydrogen (secondary N) is 2. The van der Waals surface area contributed by atoms with Crippen LogP contribution in [0.15, 0.2) is 12.5 Å². The largest absolute Gasteiger partial charge is 0.396 e. The van der Waals surface area contributed by atoms with Gasteiger partial charge in [-0.1, -0.05) is 6.42 Å². The van der Waals surface area contributed by atoms with E-state index < -0.39 is 0 Å². The number of rotatable bonds is 7. The number of imidazole rings is 1. The topological polar surface area (TPSA) is 79.2 Å². The van der Waals surface area contributed by atoms with Crippen molar-refractivity contribution < 1.29 is 9.90 Å². The van der Waals surface area contributed by atoms with Crippen molar-refractivity contribution in [3.8, 4) is 0 Å². The van der Waals surface area contributed by atoms with Gasteiger partial charge in [0.2, 0.25) is 5.91 Å². The van der Waals surface area contributed by atoms with Gasteiger partial charge in [-0.25, -0.2) is 4.98 Å². The average molecular weight is 500 g/mol. The molecule has 3 N–H and O–H groups in total. The first-order chi connectivity index (χ1) is 15.9. The Balaban J connectivity index is 1.39. The summed E-state index contributed by atoms with van der Waals surface area (Å²) in [4.78, 5) is 17.5. The second-order valence-electron chi connectivity index (χ2n) is 10.8. The van der Waals surface area contributed by atoms with E-state index in [0.29, 0.717) is 36.3 Å². The highest BCUT2D eigenvalue weighted by Gasteiger charge is 2.38. The van der Waals surface area contributed by atoms with E-state index in [1.165, 1.54) is 12.8 Å². The Labute approximate surface area is 208 Å². The normalized spacial score (nSPS) is 37.6. The number of carbonyl (C=O) groups excluding carboxylic acids is 1. The summed E-state index contributed by atoms with van der Waals surface area (Å²) in [5.41, 5.74) is 1.16. The molecule has 0 aromatic carbocycles. The van der Waals surface area contributed by atoms with Crippen molar-refractivity contribution in [2.75, 3.05) is 13.2 Å². The zero-order valence-corrected chi connectivity index (χ0v) is 21.3. The lowest BCUT2D eigenvalue weighted by atomic mass is 9.73. The Kier molecular flexibility index (Phi) is 8.99. The van der Waals surface area contributed by atoms with Crippen molar-refractivity contribution in [1.29, 1.82) is 0 Å². The maximum atomic E-state index is 13.3. The predicted octanol–water partition coefficient (Wildman–Crippen LogP) is 3.86. The molecule has 1 aromatic rings. The summed E-state index contributed by atoms with van der Waals surface area (Å²) >= 11 is 12.6. The van der Waals surface area contributed by atoms with Gasteiger partial charge in [-0.2, -0.15) is 0 Å². The number of hydrogen-bond donors (Lipinski definition) is 3. The quantitative estimate of drug-likeness (QED) is 0.498. The first-order valence-electron chi connectivity index (χ1n) is 12.8. The van der Waals surface area contributed by atoms with Gasteiger partial charge in [0.15, 0.2) is 0 Å². The molecule has 2 heterocycles. The lowest BCUT2D eigenvalue weighted by Crippen LogP contribution is -2.56. The van der Waals surface area contributed by atoms with E-state index in [9.17, 15) is 9.90 Å². The number of halogens is 2. The third-order valence-electron chi connectivity index (χ3n) is 8.28. The Hall–Kier alpha value is -0.820. The molecule has 8 unspecified atom stereocenters. The van der Waals surface area contributed by atoms with Gasteiger partial charge in [0, 0.05) is 43.0 Å². The number of hydrogen-bond acceptors (Lipinski definition) is 4. The third kappa shape index (κ3) is 6.65. The number of aliphatic hydroxyl groups is 1. The molecular formula is C25H40Cl2N4O2. The van der Waals surface area contributed by atoms with Gasteiger partial charge in [0.25, 0.3) is 0 Å². The first kappa shape index (κ1) is 25.3. The number of alkyl halides is 2. The Morgan fingerprint density at radius 2 is 1.97 bits per heavy atom. The standard InChI is InChI=1S/C25H40Cl2N4O2/c1-16-11-28-15-31(16)13-19-9-23(20-4-2-3-18(7-20)14-32)30-24(10-19)25(33)29-12-17-5-6-21(26)22(27)8-17/h11,15,17-24,30,32H,2-10,12-14H2,1H3,(H,29,33). The summed E-state index contributed by atoms with van der Waals surface area (Å²) in [7, 11) is 0. The monoisotopic (exact) mass is 498 g/mol. The molecule has 33 heavy (non-hydrogen) atoms. The summed E-state index contributed by atoms with van der Waals surface area (Å²) < 4.78 is 2.21. The van der Waals surface area contributed by atoms with Gasteiger partial charge in [0.05, 0.1) is 17.7 Å². The molecule has 3 fully saturated rings. The minimum absolute atomic E-state index is 0.00641. The van der Waals surface area contributed by atoms with Crippen LogP contribution < -0.4 is 10.6 Å². The van der Waals surface area contributed by atoms with E-state index in [1.807, 2.05) is 12.5 Å². The van der Waals surface area contributed by atoms with Crippen molar-refractivity contribution in [3.05, 3.63) is 18.2 Å². The molecule has 8 atom stereocenters. The molecule has 4 rings (SSSR count). The van der Waals surface area contributed by atoms with Crippen LogP contribution in [0.2, 0.25) is 0 Å². The van der Waals surface area contributed by atoms with Gasteiger partial charge < -0.3 is 20.3 Å². The smallest absolute Gasteiger partial charge is 0.237 e.